The number of carbonyl (C=O) groups is 1. The van der Waals surface area contributed by atoms with Crippen LogP contribution in [0.3, 0.4) is 0 Å². The highest BCUT2D eigenvalue weighted by molar-refractivity contribution is 9.10. The summed E-state index contributed by atoms with van der Waals surface area (Å²) >= 11 is 3.31. The first-order valence-electron chi connectivity index (χ1n) is 9.46. The second-order valence-corrected chi connectivity index (χ2v) is 7.84. The molecule has 4 aromatic rings. The van der Waals surface area contributed by atoms with E-state index in [0.717, 1.165) is 15.9 Å². The van der Waals surface area contributed by atoms with Crippen LogP contribution in [0.4, 0.5) is 5.69 Å². The zero-order valence-electron chi connectivity index (χ0n) is 17.1. The van der Waals surface area contributed by atoms with Gasteiger partial charge in [-0.2, -0.15) is 10.1 Å². The van der Waals surface area contributed by atoms with Crippen LogP contribution in [0.25, 0.3) is 5.82 Å². The minimum absolute atomic E-state index is 0.247. The number of nitrogens with zero attached hydrogens (tertiary/aromatic N) is 5. The summed E-state index contributed by atoms with van der Waals surface area (Å²) in [5.74, 6) is 1.96. The molecule has 0 saturated heterocycles. The summed E-state index contributed by atoms with van der Waals surface area (Å²) in [4.78, 5) is 25.2. The lowest BCUT2D eigenvalue weighted by Crippen LogP contribution is -2.12. The summed E-state index contributed by atoms with van der Waals surface area (Å²) in [7, 11) is 0. The van der Waals surface area contributed by atoms with Crippen molar-refractivity contribution >= 4 is 27.5 Å². The third-order valence-electron chi connectivity index (χ3n) is 4.33. The Bertz CT molecular complexity index is 1250. The summed E-state index contributed by atoms with van der Waals surface area (Å²) in [5.41, 5.74) is 2.98. The quantitative estimate of drug-likeness (QED) is 0.443. The van der Waals surface area contributed by atoms with Gasteiger partial charge in [-0.05, 0) is 73.1 Å². The average Bonchev–Trinajstić information content (AvgIpc) is 3.07. The van der Waals surface area contributed by atoms with Crippen molar-refractivity contribution in [3.63, 3.8) is 0 Å². The van der Waals surface area contributed by atoms with Crippen LogP contribution in [0.5, 0.6) is 11.6 Å². The summed E-state index contributed by atoms with van der Waals surface area (Å²) in [6, 6.07) is 12.5. The number of hydrogen-bond acceptors (Lipinski definition) is 6. The van der Waals surface area contributed by atoms with Gasteiger partial charge in [0.05, 0.1) is 11.3 Å². The molecule has 0 bridgehead atoms. The van der Waals surface area contributed by atoms with Crippen molar-refractivity contribution in [2.24, 2.45) is 0 Å². The van der Waals surface area contributed by atoms with Crippen LogP contribution in [0, 0.1) is 20.8 Å². The largest absolute Gasteiger partial charge is 0.439 e. The van der Waals surface area contributed by atoms with Gasteiger partial charge < -0.3 is 10.1 Å². The van der Waals surface area contributed by atoms with Crippen LogP contribution < -0.4 is 10.1 Å². The fraction of sp³-hybridized carbons (Fsp3) is 0.136. The molecule has 1 aromatic carbocycles. The number of pyridine rings is 1. The highest BCUT2D eigenvalue weighted by atomic mass is 79.9. The topological polar surface area (TPSA) is 94.8 Å². The standard InChI is InChI=1S/C22H19BrN6O2/c1-13-8-14(2)29(28-13)20-10-21(26-15(3)25-20)31-19-6-4-18(5-7-19)27-22(30)16-9-17(23)12-24-11-16/h4-12H,1-3H3,(H,27,30). The molecule has 3 heterocycles. The van der Waals surface area contributed by atoms with Gasteiger partial charge in [0.25, 0.3) is 5.91 Å². The maximum atomic E-state index is 12.4. The lowest BCUT2D eigenvalue weighted by Gasteiger charge is -2.10. The van der Waals surface area contributed by atoms with Crippen molar-refractivity contribution in [1.82, 2.24) is 24.7 Å². The SMILES string of the molecule is Cc1cc(C)n(-c2cc(Oc3ccc(NC(=O)c4cncc(Br)c4)cc3)nc(C)n2)n1. The maximum absolute atomic E-state index is 12.4. The van der Waals surface area contributed by atoms with E-state index in [1.807, 2.05) is 19.9 Å². The van der Waals surface area contributed by atoms with Crippen LogP contribution in [0.1, 0.15) is 27.6 Å². The summed E-state index contributed by atoms with van der Waals surface area (Å²) in [6.45, 7) is 5.70. The highest BCUT2D eigenvalue weighted by Gasteiger charge is 2.11. The van der Waals surface area contributed by atoms with Crippen molar-refractivity contribution in [2.75, 3.05) is 5.32 Å². The number of aromatic nitrogens is 5. The van der Waals surface area contributed by atoms with Crippen LogP contribution in [-0.2, 0) is 0 Å². The molecule has 0 saturated carbocycles. The molecule has 0 atom stereocenters. The molecule has 0 radical (unpaired) electrons. The van der Waals surface area contributed by atoms with Gasteiger partial charge in [-0.1, -0.05) is 0 Å². The average molecular weight is 479 g/mol. The van der Waals surface area contributed by atoms with Crippen LogP contribution in [0.15, 0.2) is 59.3 Å². The number of carbonyl (C=O) groups excluding carboxylic acids is 1. The third kappa shape index (κ3) is 4.95. The smallest absolute Gasteiger partial charge is 0.257 e. The van der Waals surface area contributed by atoms with Crippen molar-refractivity contribution in [2.45, 2.75) is 20.8 Å². The number of anilines is 1. The van der Waals surface area contributed by atoms with E-state index in [0.29, 0.717) is 34.5 Å². The van der Waals surface area contributed by atoms with E-state index in [2.05, 4.69) is 41.3 Å². The molecule has 0 fully saturated rings. The lowest BCUT2D eigenvalue weighted by atomic mass is 10.2. The van der Waals surface area contributed by atoms with Gasteiger partial charge in [-0.15, -0.1) is 0 Å². The zero-order valence-corrected chi connectivity index (χ0v) is 18.7. The molecule has 0 spiro atoms. The molecule has 0 aliphatic heterocycles. The number of rotatable bonds is 5. The van der Waals surface area contributed by atoms with Crippen LogP contribution >= 0.6 is 15.9 Å². The molecule has 0 unspecified atom stereocenters. The number of benzene rings is 1. The van der Waals surface area contributed by atoms with E-state index in [1.54, 1.807) is 54.2 Å². The molecule has 1 amide bonds. The van der Waals surface area contributed by atoms with Crippen LogP contribution in [-0.4, -0.2) is 30.6 Å². The Labute approximate surface area is 187 Å². The molecule has 0 aliphatic rings. The fourth-order valence-corrected chi connectivity index (χ4v) is 3.38. The molecule has 1 N–H and O–H groups in total. The van der Waals surface area contributed by atoms with E-state index in [1.165, 1.54) is 6.20 Å². The molecule has 9 heteroatoms. The van der Waals surface area contributed by atoms with E-state index in [9.17, 15) is 4.79 Å². The fourth-order valence-electron chi connectivity index (χ4n) is 3.01. The zero-order chi connectivity index (χ0) is 22.0. The first kappa shape index (κ1) is 20.7. The van der Waals surface area contributed by atoms with E-state index < -0.39 is 0 Å². The van der Waals surface area contributed by atoms with E-state index >= 15 is 0 Å². The molecular weight excluding hydrogens is 460 g/mol. The second-order valence-electron chi connectivity index (χ2n) is 6.92. The van der Waals surface area contributed by atoms with Gasteiger partial charge in [0.2, 0.25) is 5.88 Å². The van der Waals surface area contributed by atoms with Gasteiger partial charge in [-0.25, -0.2) is 9.67 Å². The van der Waals surface area contributed by atoms with Crippen molar-refractivity contribution in [3.05, 3.63) is 82.1 Å². The molecule has 156 valence electrons. The van der Waals surface area contributed by atoms with E-state index in [4.69, 9.17) is 4.74 Å². The molecule has 4 rings (SSSR count). The molecule has 8 nitrogen and oxygen atoms in total. The normalized spacial score (nSPS) is 10.7. The van der Waals surface area contributed by atoms with Crippen molar-refractivity contribution in [1.29, 1.82) is 0 Å². The molecule has 31 heavy (non-hydrogen) atoms. The van der Waals surface area contributed by atoms with Crippen molar-refractivity contribution in [3.8, 4) is 17.4 Å². The summed E-state index contributed by atoms with van der Waals surface area (Å²) < 4.78 is 8.40. The number of halogens is 1. The van der Waals surface area contributed by atoms with Gasteiger partial charge in [0.15, 0.2) is 5.82 Å². The van der Waals surface area contributed by atoms with E-state index in [-0.39, 0.29) is 5.91 Å². The minimum atomic E-state index is -0.247. The van der Waals surface area contributed by atoms with Crippen LogP contribution in [0.2, 0.25) is 0 Å². The second kappa shape index (κ2) is 8.65. The Kier molecular flexibility index (Phi) is 5.77. The number of ether oxygens (including phenoxy) is 1. The third-order valence-corrected chi connectivity index (χ3v) is 4.76. The maximum Gasteiger partial charge on any atom is 0.257 e. The first-order chi connectivity index (χ1) is 14.9. The number of nitrogens with one attached hydrogen (secondary N) is 1. The summed E-state index contributed by atoms with van der Waals surface area (Å²) in [6.07, 6.45) is 3.13. The number of amides is 1. The Morgan fingerprint density at radius 1 is 1.03 bits per heavy atom. The van der Waals surface area contributed by atoms with Gasteiger partial charge in [0.1, 0.15) is 11.6 Å². The lowest BCUT2D eigenvalue weighted by molar-refractivity contribution is 0.102. The number of aryl methyl sites for hydroxylation is 3. The number of hydrogen-bond donors (Lipinski definition) is 1. The Hall–Kier alpha value is -3.59. The Morgan fingerprint density at radius 2 is 1.81 bits per heavy atom. The molecule has 0 aliphatic carbocycles. The van der Waals surface area contributed by atoms with Crippen molar-refractivity contribution < 1.29 is 9.53 Å². The molecular formula is C22H19BrN6O2. The van der Waals surface area contributed by atoms with Gasteiger partial charge in [-0.3, -0.25) is 9.78 Å². The Morgan fingerprint density at radius 3 is 2.48 bits per heavy atom. The monoisotopic (exact) mass is 478 g/mol. The Balaban J connectivity index is 1.49. The molecule has 3 aromatic heterocycles. The first-order valence-corrected chi connectivity index (χ1v) is 10.3. The minimum Gasteiger partial charge on any atom is -0.439 e. The predicted octanol–water partition coefficient (Wildman–Crippen LogP) is 4.79. The highest BCUT2D eigenvalue weighted by Crippen LogP contribution is 2.24. The van der Waals surface area contributed by atoms with Gasteiger partial charge in [0, 0.05) is 34.3 Å². The summed E-state index contributed by atoms with van der Waals surface area (Å²) in [5, 5.41) is 7.29. The van der Waals surface area contributed by atoms with Gasteiger partial charge >= 0.3 is 0 Å². The predicted molar refractivity (Wildman–Crippen MR) is 120 cm³/mol.